The van der Waals surface area contributed by atoms with Crippen molar-refractivity contribution in [3.8, 4) is 17.2 Å². The number of benzene rings is 2. The van der Waals surface area contributed by atoms with E-state index in [4.69, 9.17) is 9.84 Å². The van der Waals surface area contributed by atoms with Crippen molar-refractivity contribution < 1.29 is 34.8 Å². The molecule has 2 aromatic carbocycles. The zero-order chi connectivity index (χ0) is 20.4. The van der Waals surface area contributed by atoms with E-state index in [-0.39, 0.29) is 17.9 Å². The van der Waals surface area contributed by atoms with Gasteiger partial charge in [-0.2, -0.15) is 0 Å². The molecule has 0 aliphatic rings. The van der Waals surface area contributed by atoms with E-state index in [0.717, 1.165) is 6.08 Å². The van der Waals surface area contributed by atoms with E-state index >= 15 is 0 Å². The molecule has 0 aliphatic heterocycles. The van der Waals surface area contributed by atoms with Gasteiger partial charge in [0.2, 0.25) is 5.75 Å². The van der Waals surface area contributed by atoms with Crippen molar-refractivity contribution in [3.63, 3.8) is 0 Å². The summed E-state index contributed by atoms with van der Waals surface area (Å²) in [6, 6.07) is 11.2. The van der Waals surface area contributed by atoms with Crippen LogP contribution in [0.5, 0.6) is 17.2 Å². The SMILES string of the molecule is C=CC(=O)O.CCC(O)COc1ccc(C(=O)c2ccccc2)c(O)c1O. The smallest absolute Gasteiger partial charge is 0.327 e. The van der Waals surface area contributed by atoms with Gasteiger partial charge in [-0.05, 0) is 18.6 Å². The highest BCUT2D eigenvalue weighted by molar-refractivity contribution is 6.11. The molecular weight excluding hydrogens is 352 g/mol. The molecule has 0 aliphatic carbocycles. The second-order valence-electron chi connectivity index (χ2n) is 5.42. The molecule has 1 unspecified atom stereocenters. The maximum Gasteiger partial charge on any atom is 0.327 e. The number of carboxylic acid groups (broad SMARTS) is 1. The van der Waals surface area contributed by atoms with Crippen molar-refractivity contribution >= 4 is 11.8 Å². The molecule has 0 bridgehead atoms. The quantitative estimate of drug-likeness (QED) is 0.334. The highest BCUT2D eigenvalue weighted by atomic mass is 16.5. The van der Waals surface area contributed by atoms with E-state index in [2.05, 4.69) is 6.58 Å². The predicted octanol–water partition coefficient (Wildman–Crippen LogP) is 2.74. The van der Waals surface area contributed by atoms with Gasteiger partial charge in [-0.3, -0.25) is 4.79 Å². The molecule has 1 atom stereocenters. The van der Waals surface area contributed by atoms with Gasteiger partial charge in [0.1, 0.15) is 6.61 Å². The molecular formula is C20H22O7. The van der Waals surface area contributed by atoms with Crippen molar-refractivity contribution in [1.82, 2.24) is 0 Å². The van der Waals surface area contributed by atoms with Crippen LogP contribution in [0.15, 0.2) is 55.1 Å². The van der Waals surface area contributed by atoms with Gasteiger partial charge in [0.25, 0.3) is 0 Å². The largest absolute Gasteiger partial charge is 0.504 e. The number of aliphatic hydroxyl groups is 1. The minimum Gasteiger partial charge on any atom is -0.504 e. The number of rotatable bonds is 7. The topological polar surface area (TPSA) is 124 Å². The fourth-order valence-electron chi connectivity index (χ4n) is 1.91. The average Bonchev–Trinajstić information content (AvgIpc) is 2.69. The molecule has 7 nitrogen and oxygen atoms in total. The van der Waals surface area contributed by atoms with Crippen LogP contribution in [-0.4, -0.2) is 44.9 Å². The number of aromatic hydroxyl groups is 2. The molecule has 0 saturated heterocycles. The van der Waals surface area contributed by atoms with Gasteiger partial charge in [-0.1, -0.05) is 43.8 Å². The highest BCUT2D eigenvalue weighted by Gasteiger charge is 2.19. The van der Waals surface area contributed by atoms with Crippen molar-refractivity contribution in [2.75, 3.05) is 6.61 Å². The van der Waals surface area contributed by atoms with Gasteiger partial charge < -0.3 is 25.2 Å². The number of ketones is 1. The number of carbonyl (C=O) groups excluding carboxylic acids is 1. The summed E-state index contributed by atoms with van der Waals surface area (Å²) in [6.07, 6.45) is 0.685. The normalized spacial score (nSPS) is 10.9. The van der Waals surface area contributed by atoms with Crippen LogP contribution in [0.3, 0.4) is 0 Å². The first kappa shape index (κ1) is 21.7. The van der Waals surface area contributed by atoms with Gasteiger partial charge in [0.15, 0.2) is 17.3 Å². The Hall–Kier alpha value is -3.32. The first-order chi connectivity index (χ1) is 12.8. The Bertz CT molecular complexity index is 784. The van der Waals surface area contributed by atoms with Crippen LogP contribution in [0.4, 0.5) is 0 Å². The standard InChI is InChI=1S/C17H18O5.C3H4O2/c1-2-12(18)10-22-14-9-8-13(16(20)17(14)21)15(19)11-6-4-3-5-7-11;1-2-3(4)5/h3-9,12,18,20-21H,2,10H2,1H3;2H,1H2,(H,4,5). The summed E-state index contributed by atoms with van der Waals surface area (Å²) in [7, 11) is 0. The summed E-state index contributed by atoms with van der Waals surface area (Å²) >= 11 is 0. The van der Waals surface area contributed by atoms with Crippen LogP contribution in [0.1, 0.15) is 29.3 Å². The summed E-state index contributed by atoms with van der Waals surface area (Å²) in [5.74, 6) is -2.39. The zero-order valence-corrected chi connectivity index (χ0v) is 14.8. The number of carboxylic acids is 1. The van der Waals surface area contributed by atoms with Crippen molar-refractivity contribution in [2.45, 2.75) is 19.4 Å². The fraction of sp³-hybridized carbons (Fsp3) is 0.200. The average molecular weight is 374 g/mol. The summed E-state index contributed by atoms with van der Waals surface area (Å²) in [5, 5.41) is 37.0. The molecule has 0 fully saturated rings. The third kappa shape index (κ3) is 6.48. The molecule has 0 aromatic heterocycles. The molecule has 0 radical (unpaired) electrons. The van der Waals surface area contributed by atoms with E-state index < -0.39 is 29.4 Å². The minimum atomic E-state index is -0.981. The fourth-order valence-corrected chi connectivity index (χ4v) is 1.91. The summed E-state index contributed by atoms with van der Waals surface area (Å²) < 4.78 is 5.24. The second-order valence-corrected chi connectivity index (χ2v) is 5.42. The third-order valence-electron chi connectivity index (χ3n) is 3.47. The van der Waals surface area contributed by atoms with E-state index in [9.17, 15) is 24.9 Å². The van der Waals surface area contributed by atoms with E-state index in [1.165, 1.54) is 12.1 Å². The molecule has 0 spiro atoms. The second kappa shape index (κ2) is 10.6. The van der Waals surface area contributed by atoms with Crippen LogP contribution >= 0.6 is 0 Å². The lowest BCUT2D eigenvalue weighted by atomic mass is 10.0. The Morgan fingerprint density at radius 1 is 1.11 bits per heavy atom. The van der Waals surface area contributed by atoms with Crippen LogP contribution < -0.4 is 4.74 Å². The van der Waals surface area contributed by atoms with Crippen LogP contribution in [0, 0.1) is 0 Å². The van der Waals surface area contributed by atoms with Gasteiger partial charge in [0, 0.05) is 11.6 Å². The highest BCUT2D eigenvalue weighted by Crippen LogP contribution is 2.38. The molecule has 4 N–H and O–H groups in total. The monoisotopic (exact) mass is 374 g/mol. The molecule has 27 heavy (non-hydrogen) atoms. The molecule has 2 aromatic rings. The van der Waals surface area contributed by atoms with Gasteiger partial charge >= 0.3 is 5.97 Å². The van der Waals surface area contributed by atoms with Gasteiger partial charge in [-0.25, -0.2) is 4.79 Å². The number of hydrogen-bond donors (Lipinski definition) is 4. The van der Waals surface area contributed by atoms with Gasteiger partial charge in [-0.15, -0.1) is 0 Å². The van der Waals surface area contributed by atoms with E-state index in [1.54, 1.807) is 37.3 Å². The maximum atomic E-state index is 12.3. The number of aliphatic hydroxyl groups excluding tert-OH is 1. The third-order valence-corrected chi connectivity index (χ3v) is 3.47. The number of phenolic OH excluding ortho intramolecular Hbond substituents is 2. The molecule has 0 heterocycles. The van der Waals surface area contributed by atoms with Crippen molar-refractivity contribution in [1.29, 1.82) is 0 Å². The van der Waals surface area contributed by atoms with Crippen molar-refractivity contribution in [2.24, 2.45) is 0 Å². The Morgan fingerprint density at radius 3 is 2.22 bits per heavy atom. The van der Waals surface area contributed by atoms with Gasteiger partial charge in [0.05, 0.1) is 11.7 Å². The predicted molar refractivity (Wildman–Crippen MR) is 99.3 cm³/mol. The molecule has 0 amide bonds. The van der Waals surface area contributed by atoms with Crippen LogP contribution in [0.2, 0.25) is 0 Å². The number of ether oxygens (including phenoxy) is 1. The number of hydrogen-bond acceptors (Lipinski definition) is 6. The van der Waals surface area contributed by atoms with Crippen molar-refractivity contribution in [3.05, 3.63) is 66.2 Å². The number of phenols is 2. The Balaban J connectivity index is 0.000000646. The lowest BCUT2D eigenvalue weighted by Crippen LogP contribution is -2.16. The van der Waals surface area contributed by atoms with E-state index in [1.807, 2.05) is 0 Å². The van der Waals surface area contributed by atoms with Crippen LogP contribution in [-0.2, 0) is 4.79 Å². The lowest BCUT2D eigenvalue weighted by Gasteiger charge is -2.13. The zero-order valence-electron chi connectivity index (χ0n) is 14.8. The minimum absolute atomic E-state index is 0.00449. The summed E-state index contributed by atoms with van der Waals surface area (Å²) in [4.78, 5) is 21.5. The molecule has 2 rings (SSSR count). The molecule has 7 heteroatoms. The molecule has 0 saturated carbocycles. The summed E-state index contributed by atoms with van der Waals surface area (Å²) in [5.41, 5.74) is 0.402. The first-order valence-electron chi connectivity index (χ1n) is 8.12. The first-order valence-corrected chi connectivity index (χ1v) is 8.12. The van der Waals surface area contributed by atoms with E-state index in [0.29, 0.717) is 12.0 Å². The lowest BCUT2D eigenvalue weighted by molar-refractivity contribution is -0.131. The van der Waals surface area contributed by atoms with Crippen LogP contribution in [0.25, 0.3) is 0 Å². The molecule has 144 valence electrons. The Kier molecular flexibility index (Phi) is 8.55. The maximum absolute atomic E-state index is 12.3. The number of carbonyl (C=O) groups is 2. The Morgan fingerprint density at radius 2 is 1.70 bits per heavy atom. The summed E-state index contributed by atoms with van der Waals surface area (Å²) in [6.45, 7) is 4.75. The Labute approximate surface area is 156 Å². The number of aliphatic carboxylic acids is 1.